The van der Waals surface area contributed by atoms with Crippen LogP contribution in [0.15, 0.2) is 57.9 Å². The molecule has 0 aromatic heterocycles. The van der Waals surface area contributed by atoms with Crippen molar-refractivity contribution in [3.63, 3.8) is 0 Å². The van der Waals surface area contributed by atoms with Crippen LogP contribution in [-0.2, 0) is 14.8 Å². The van der Waals surface area contributed by atoms with Gasteiger partial charge in [-0.1, -0.05) is 6.07 Å². The Labute approximate surface area is 114 Å². The first-order chi connectivity index (χ1) is 9.38. The molecule has 0 saturated heterocycles. The Morgan fingerprint density at radius 1 is 1.10 bits per heavy atom. The molecule has 7 heteroatoms. The topological polar surface area (TPSA) is 101 Å². The van der Waals surface area contributed by atoms with Crippen molar-refractivity contribution < 1.29 is 23.1 Å². The van der Waals surface area contributed by atoms with Crippen molar-refractivity contribution >= 4 is 27.5 Å². The highest BCUT2D eigenvalue weighted by Gasteiger charge is 2.16. The molecule has 0 aliphatic heterocycles. The van der Waals surface area contributed by atoms with Gasteiger partial charge in [0, 0.05) is 0 Å². The van der Waals surface area contributed by atoms with E-state index in [0.29, 0.717) is 0 Å². The number of carboxylic acids is 1. The second-order valence-corrected chi connectivity index (χ2v) is 5.50. The largest absolute Gasteiger partial charge is 0.478 e. The fraction of sp³-hybridized carbons (Fsp3) is 0. The molecule has 2 rings (SSSR count). The van der Waals surface area contributed by atoms with Gasteiger partial charge in [0.05, 0.1) is 16.2 Å². The SMILES string of the molecule is O=C1C=CC(=NS(=O)(=O)c2cccc(C(=O)O)c2)C=C1. The quantitative estimate of drug-likeness (QED) is 0.843. The van der Waals surface area contributed by atoms with Gasteiger partial charge < -0.3 is 5.11 Å². The van der Waals surface area contributed by atoms with Crippen LogP contribution in [0.5, 0.6) is 0 Å². The van der Waals surface area contributed by atoms with Gasteiger partial charge in [-0.2, -0.15) is 12.8 Å². The third-order valence-corrected chi connectivity index (χ3v) is 3.74. The number of hydrogen-bond donors (Lipinski definition) is 1. The summed E-state index contributed by atoms with van der Waals surface area (Å²) in [7, 11) is -4.02. The second-order valence-electron chi connectivity index (χ2n) is 3.89. The van der Waals surface area contributed by atoms with E-state index in [1.165, 1.54) is 42.5 Å². The van der Waals surface area contributed by atoms with Gasteiger partial charge in [-0.05, 0) is 42.5 Å². The molecule has 1 aromatic carbocycles. The maximum Gasteiger partial charge on any atom is 0.335 e. The van der Waals surface area contributed by atoms with E-state index in [0.717, 1.165) is 6.07 Å². The Kier molecular flexibility index (Phi) is 3.62. The van der Waals surface area contributed by atoms with Crippen LogP contribution >= 0.6 is 0 Å². The molecule has 0 fully saturated rings. The molecule has 0 atom stereocenters. The van der Waals surface area contributed by atoms with Crippen molar-refractivity contribution in [2.75, 3.05) is 0 Å². The van der Waals surface area contributed by atoms with Crippen LogP contribution in [0, 0.1) is 0 Å². The van der Waals surface area contributed by atoms with E-state index in [-0.39, 0.29) is 22.0 Å². The first-order valence-electron chi connectivity index (χ1n) is 5.47. The second kappa shape index (κ2) is 5.22. The maximum absolute atomic E-state index is 12.0. The van der Waals surface area contributed by atoms with Gasteiger partial charge in [-0.25, -0.2) is 4.79 Å². The number of ketones is 1. The predicted octanol–water partition coefficient (Wildman–Crippen LogP) is 1.21. The Hall–Kier alpha value is -2.54. The van der Waals surface area contributed by atoms with Gasteiger partial charge >= 0.3 is 5.97 Å². The number of allylic oxidation sites excluding steroid dienone is 4. The molecule has 1 aliphatic rings. The fourth-order valence-corrected chi connectivity index (χ4v) is 2.52. The van der Waals surface area contributed by atoms with E-state index in [1.54, 1.807) is 0 Å². The van der Waals surface area contributed by atoms with Crippen molar-refractivity contribution in [3.8, 4) is 0 Å². The van der Waals surface area contributed by atoms with E-state index < -0.39 is 16.0 Å². The number of sulfonamides is 1. The Bertz CT molecular complexity index is 754. The molecule has 0 spiro atoms. The molecule has 0 unspecified atom stereocenters. The van der Waals surface area contributed by atoms with E-state index in [4.69, 9.17) is 5.11 Å². The van der Waals surface area contributed by atoms with E-state index in [2.05, 4.69) is 4.40 Å². The summed E-state index contributed by atoms with van der Waals surface area (Å²) in [6.45, 7) is 0. The highest BCUT2D eigenvalue weighted by Crippen LogP contribution is 2.15. The zero-order valence-electron chi connectivity index (χ0n) is 10.1. The Balaban J connectivity index is 2.41. The number of nitrogens with zero attached hydrogens (tertiary/aromatic N) is 1. The summed E-state index contributed by atoms with van der Waals surface area (Å²) in [5.41, 5.74) is -0.0403. The molecular weight excluding hydrogens is 282 g/mol. The number of hydrogen-bond acceptors (Lipinski definition) is 4. The molecule has 1 aromatic rings. The smallest absolute Gasteiger partial charge is 0.335 e. The van der Waals surface area contributed by atoms with Crippen LogP contribution in [0.2, 0.25) is 0 Å². The van der Waals surface area contributed by atoms with Gasteiger partial charge in [0.1, 0.15) is 0 Å². The first kappa shape index (κ1) is 13.9. The molecule has 20 heavy (non-hydrogen) atoms. The summed E-state index contributed by atoms with van der Waals surface area (Å²) >= 11 is 0. The summed E-state index contributed by atoms with van der Waals surface area (Å²) in [4.78, 5) is 21.5. The highest BCUT2D eigenvalue weighted by atomic mass is 32.2. The maximum atomic E-state index is 12.0. The number of benzene rings is 1. The molecule has 102 valence electrons. The number of carboxylic acid groups (broad SMARTS) is 1. The zero-order valence-corrected chi connectivity index (χ0v) is 10.9. The van der Waals surface area contributed by atoms with Crippen molar-refractivity contribution in [2.45, 2.75) is 4.90 Å². The van der Waals surface area contributed by atoms with Crippen LogP contribution in [-0.4, -0.2) is 31.0 Å². The number of rotatable bonds is 3. The van der Waals surface area contributed by atoms with Crippen molar-refractivity contribution in [1.82, 2.24) is 0 Å². The Morgan fingerprint density at radius 2 is 1.75 bits per heavy atom. The Morgan fingerprint density at radius 3 is 2.35 bits per heavy atom. The summed E-state index contributed by atoms with van der Waals surface area (Å²) in [5, 5.41) is 8.84. The lowest BCUT2D eigenvalue weighted by Crippen LogP contribution is -2.06. The molecule has 0 heterocycles. The zero-order chi connectivity index (χ0) is 14.8. The first-order valence-corrected chi connectivity index (χ1v) is 6.91. The minimum atomic E-state index is -4.02. The summed E-state index contributed by atoms with van der Waals surface area (Å²) in [6, 6.07) is 4.90. The summed E-state index contributed by atoms with van der Waals surface area (Å²) < 4.78 is 27.6. The average molecular weight is 291 g/mol. The van der Waals surface area contributed by atoms with Crippen LogP contribution in [0.25, 0.3) is 0 Å². The lowest BCUT2D eigenvalue weighted by atomic mass is 10.2. The van der Waals surface area contributed by atoms with Gasteiger partial charge in [0.2, 0.25) is 0 Å². The fourth-order valence-electron chi connectivity index (χ4n) is 1.49. The molecule has 0 amide bonds. The number of carbonyl (C=O) groups is 2. The number of aromatic carboxylic acids is 1. The lowest BCUT2D eigenvalue weighted by Gasteiger charge is -2.02. The lowest BCUT2D eigenvalue weighted by molar-refractivity contribution is -0.110. The van der Waals surface area contributed by atoms with E-state index in [9.17, 15) is 18.0 Å². The van der Waals surface area contributed by atoms with Crippen molar-refractivity contribution in [1.29, 1.82) is 0 Å². The van der Waals surface area contributed by atoms with Gasteiger partial charge in [0.15, 0.2) is 5.78 Å². The molecule has 1 N–H and O–H groups in total. The minimum Gasteiger partial charge on any atom is -0.478 e. The third-order valence-electron chi connectivity index (χ3n) is 2.44. The van der Waals surface area contributed by atoms with Crippen LogP contribution in [0.1, 0.15) is 10.4 Å². The molecular formula is C13H9NO5S. The molecule has 0 bridgehead atoms. The van der Waals surface area contributed by atoms with Crippen LogP contribution in [0.4, 0.5) is 0 Å². The minimum absolute atomic E-state index is 0.102. The predicted molar refractivity (Wildman–Crippen MR) is 71.3 cm³/mol. The van der Waals surface area contributed by atoms with Crippen LogP contribution in [0.3, 0.4) is 0 Å². The molecule has 0 radical (unpaired) electrons. The van der Waals surface area contributed by atoms with Crippen molar-refractivity contribution in [2.24, 2.45) is 4.40 Å². The van der Waals surface area contributed by atoms with E-state index >= 15 is 0 Å². The summed E-state index contributed by atoms with van der Waals surface area (Å²) in [6.07, 6.45) is 4.95. The average Bonchev–Trinajstić information content (AvgIpc) is 2.41. The standard InChI is InChI=1S/C13H9NO5S/c15-11-6-4-10(5-7-11)14-20(18,19)12-3-1-2-9(8-12)13(16)17/h1-8H,(H,16,17). The summed E-state index contributed by atoms with van der Waals surface area (Å²) in [5.74, 6) is -1.48. The van der Waals surface area contributed by atoms with Gasteiger partial charge in [-0.3, -0.25) is 4.79 Å². The molecule has 6 nitrogen and oxygen atoms in total. The van der Waals surface area contributed by atoms with Crippen molar-refractivity contribution in [3.05, 3.63) is 54.1 Å². The normalized spacial score (nSPS) is 14.4. The van der Waals surface area contributed by atoms with Gasteiger partial charge in [-0.15, -0.1) is 0 Å². The van der Waals surface area contributed by atoms with Crippen LogP contribution < -0.4 is 0 Å². The van der Waals surface area contributed by atoms with E-state index in [1.807, 2.05) is 0 Å². The molecule has 1 aliphatic carbocycles. The molecule has 0 saturated carbocycles. The highest BCUT2D eigenvalue weighted by molar-refractivity contribution is 7.90. The third kappa shape index (κ3) is 3.07. The van der Waals surface area contributed by atoms with Gasteiger partial charge in [0.25, 0.3) is 10.0 Å². The number of carbonyl (C=O) groups excluding carboxylic acids is 1. The monoisotopic (exact) mass is 291 g/mol.